The summed E-state index contributed by atoms with van der Waals surface area (Å²) in [6.07, 6.45) is 3.41. The van der Waals surface area contributed by atoms with Crippen molar-refractivity contribution >= 4 is 15.7 Å². The molecule has 0 spiro atoms. The summed E-state index contributed by atoms with van der Waals surface area (Å²) in [7, 11) is -3.65. The molecule has 8 nitrogen and oxygen atoms in total. The van der Waals surface area contributed by atoms with Crippen LogP contribution in [0.3, 0.4) is 0 Å². The number of halogens is 1. The molecule has 0 unspecified atom stereocenters. The van der Waals surface area contributed by atoms with Crippen LogP contribution < -0.4 is 9.46 Å². The molecule has 10 heteroatoms. The Balaban J connectivity index is 1.44. The van der Waals surface area contributed by atoms with Crippen molar-refractivity contribution in [2.45, 2.75) is 12.7 Å². The van der Waals surface area contributed by atoms with Crippen LogP contribution in [0, 0.1) is 12.7 Å². The van der Waals surface area contributed by atoms with Gasteiger partial charge in [-0.15, -0.1) is 0 Å². The van der Waals surface area contributed by atoms with Crippen LogP contribution in [-0.2, 0) is 15.8 Å². The fraction of sp³-hybridized carbons (Fsp3) is 0.0952. The number of hydrogen-bond donors (Lipinski definition) is 1. The number of benzene rings is 2. The lowest BCUT2D eigenvalue weighted by Crippen LogP contribution is -2.15. The number of rotatable bonds is 7. The van der Waals surface area contributed by atoms with Crippen molar-refractivity contribution in [2.75, 3.05) is 4.72 Å². The molecule has 0 fully saturated rings. The van der Waals surface area contributed by atoms with Gasteiger partial charge in [-0.1, -0.05) is 12.1 Å². The average molecular weight is 439 g/mol. The number of hydrogen-bond acceptors (Lipinski definition) is 6. The fourth-order valence-electron chi connectivity index (χ4n) is 2.83. The molecule has 1 N–H and O–H groups in total. The van der Waals surface area contributed by atoms with Crippen molar-refractivity contribution in [3.63, 3.8) is 0 Å². The molecule has 0 aliphatic heterocycles. The van der Waals surface area contributed by atoms with E-state index in [0.29, 0.717) is 34.5 Å². The lowest BCUT2D eigenvalue weighted by Gasteiger charge is -2.10. The molecule has 0 amide bonds. The molecule has 31 heavy (non-hydrogen) atoms. The van der Waals surface area contributed by atoms with Crippen molar-refractivity contribution in [1.82, 2.24) is 19.7 Å². The number of nitrogens with one attached hydrogen (secondary N) is 1. The number of aromatic nitrogens is 4. The molecule has 2 aromatic carbocycles. The second kappa shape index (κ2) is 8.52. The summed E-state index contributed by atoms with van der Waals surface area (Å²) in [6.45, 7) is 1.75. The highest BCUT2D eigenvalue weighted by atomic mass is 32.2. The topological polar surface area (TPSA) is 99.0 Å². The van der Waals surface area contributed by atoms with Crippen LogP contribution in [0.25, 0.3) is 5.82 Å². The normalized spacial score (nSPS) is 11.3. The molecule has 2 heterocycles. The first-order valence-electron chi connectivity index (χ1n) is 9.25. The minimum atomic E-state index is -3.65. The van der Waals surface area contributed by atoms with Crippen molar-refractivity contribution < 1.29 is 17.5 Å². The fourth-order valence-corrected chi connectivity index (χ4v) is 4.03. The maximum atomic E-state index is 13.0. The Morgan fingerprint density at radius 2 is 1.81 bits per heavy atom. The Morgan fingerprint density at radius 3 is 2.48 bits per heavy atom. The largest absolute Gasteiger partial charge is 0.439 e. The van der Waals surface area contributed by atoms with Gasteiger partial charge in [-0.2, -0.15) is 10.1 Å². The molecule has 0 saturated heterocycles. The summed E-state index contributed by atoms with van der Waals surface area (Å²) in [5, 5.41) is 4.14. The van der Waals surface area contributed by atoms with Gasteiger partial charge in [0.1, 0.15) is 17.4 Å². The summed E-state index contributed by atoms with van der Waals surface area (Å²) < 4.78 is 47.6. The van der Waals surface area contributed by atoms with Crippen molar-refractivity contribution in [2.24, 2.45) is 0 Å². The summed E-state index contributed by atoms with van der Waals surface area (Å²) in [5.41, 5.74) is 0.867. The van der Waals surface area contributed by atoms with E-state index in [-0.39, 0.29) is 5.75 Å². The van der Waals surface area contributed by atoms with Crippen LogP contribution in [-0.4, -0.2) is 28.2 Å². The lowest BCUT2D eigenvalue weighted by molar-refractivity contribution is 0.459. The quantitative estimate of drug-likeness (QED) is 0.470. The smallest absolute Gasteiger partial charge is 0.236 e. The van der Waals surface area contributed by atoms with E-state index < -0.39 is 15.8 Å². The van der Waals surface area contributed by atoms with E-state index in [9.17, 15) is 12.8 Å². The standard InChI is InChI=1S/C21H18FN5O3S/c1-15-24-20(27-12-2-11-23-27)13-21(25-15)30-19-9-7-18(8-10-19)26-31(28,29)14-16-3-5-17(22)6-4-16/h2-13,26H,14H2,1H3. The first kappa shape index (κ1) is 20.5. The zero-order chi connectivity index (χ0) is 21.8. The molecule has 2 aromatic heterocycles. The summed E-state index contributed by atoms with van der Waals surface area (Å²) in [4.78, 5) is 8.58. The van der Waals surface area contributed by atoms with E-state index in [1.165, 1.54) is 24.3 Å². The molecule has 0 atom stereocenters. The van der Waals surface area contributed by atoms with Crippen molar-refractivity contribution in [3.05, 3.63) is 90.3 Å². The Labute approximate surface area is 178 Å². The molecule has 0 aliphatic rings. The zero-order valence-electron chi connectivity index (χ0n) is 16.4. The zero-order valence-corrected chi connectivity index (χ0v) is 17.3. The van der Waals surface area contributed by atoms with Gasteiger partial charge in [-0.3, -0.25) is 4.72 Å². The Kier molecular flexibility index (Phi) is 5.63. The molecular formula is C21H18FN5O3S. The highest BCUT2D eigenvalue weighted by molar-refractivity contribution is 7.91. The third-order valence-electron chi connectivity index (χ3n) is 4.16. The van der Waals surface area contributed by atoms with E-state index >= 15 is 0 Å². The van der Waals surface area contributed by atoms with Crippen LogP contribution in [0.2, 0.25) is 0 Å². The van der Waals surface area contributed by atoms with Crippen LogP contribution in [0.1, 0.15) is 11.4 Å². The number of aryl methyl sites for hydroxylation is 1. The molecule has 0 bridgehead atoms. The summed E-state index contributed by atoms with van der Waals surface area (Å²) in [6, 6.07) is 15.2. The predicted molar refractivity (Wildman–Crippen MR) is 113 cm³/mol. The minimum Gasteiger partial charge on any atom is -0.439 e. The third-order valence-corrected chi connectivity index (χ3v) is 5.42. The number of anilines is 1. The second-order valence-corrected chi connectivity index (χ2v) is 8.40. The SMILES string of the molecule is Cc1nc(Oc2ccc(NS(=O)(=O)Cc3ccc(F)cc3)cc2)cc(-n2cccn2)n1. The van der Waals surface area contributed by atoms with E-state index in [0.717, 1.165) is 0 Å². The monoisotopic (exact) mass is 439 g/mol. The predicted octanol–water partition coefficient (Wildman–Crippen LogP) is 3.84. The van der Waals surface area contributed by atoms with Gasteiger partial charge in [0.15, 0.2) is 5.82 Å². The Morgan fingerprint density at radius 1 is 1.06 bits per heavy atom. The van der Waals surface area contributed by atoms with E-state index in [4.69, 9.17) is 4.74 Å². The highest BCUT2D eigenvalue weighted by Crippen LogP contribution is 2.23. The van der Waals surface area contributed by atoms with Crippen LogP contribution in [0.4, 0.5) is 10.1 Å². The molecule has 0 aliphatic carbocycles. The third kappa shape index (κ3) is 5.43. The molecule has 0 saturated carbocycles. The highest BCUT2D eigenvalue weighted by Gasteiger charge is 2.12. The van der Waals surface area contributed by atoms with Crippen LogP contribution in [0.15, 0.2) is 73.1 Å². The Hall–Kier alpha value is -3.79. The summed E-state index contributed by atoms with van der Waals surface area (Å²) in [5.74, 6) is 1.22. The van der Waals surface area contributed by atoms with Gasteiger partial charge in [-0.25, -0.2) is 22.5 Å². The van der Waals surface area contributed by atoms with E-state index in [1.54, 1.807) is 60.4 Å². The van der Waals surface area contributed by atoms with Gasteiger partial charge in [-0.05, 0) is 55.0 Å². The first-order chi connectivity index (χ1) is 14.9. The number of ether oxygens (including phenoxy) is 1. The van der Waals surface area contributed by atoms with Gasteiger partial charge in [0, 0.05) is 24.1 Å². The van der Waals surface area contributed by atoms with E-state index in [1.807, 2.05) is 0 Å². The van der Waals surface area contributed by atoms with Gasteiger partial charge >= 0.3 is 0 Å². The molecule has 4 aromatic rings. The van der Waals surface area contributed by atoms with Crippen LogP contribution >= 0.6 is 0 Å². The van der Waals surface area contributed by atoms with Gasteiger partial charge in [0.05, 0.1) is 5.75 Å². The maximum Gasteiger partial charge on any atom is 0.236 e. The van der Waals surface area contributed by atoms with Crippen molar-refractivity contribution in [1.29, 1.82) is 0 Å². The summed E-state index contributed by atoms with van der Waals surface area (Å²) >= 11 is 0. The van der Waals surface area contributed by atoms with Gasteiger partial charge in [0.2, 0.25) is 15.9 Å². The first-order valence-corrected chi connectivity index (χ1v) is 10.9. The lowest BCUT2D eigenvalue weighted by atomic mass is 10.2. The number of nitrogens with zero attached hydrogens (tertiary/aromatic N) is 4. The Bertz CT molecular complexity index is 1280. The second-order valence-electron chi connectivity index (χ2n) is 6.68. The molecule has 4 rings (SSSR count). The van der Waals surface area contributed by atoms with Crippen LogP contribution in [0.5, 0.6) is 11.6 Å². The molecule has 158 valence electrons. The average Bonchev–Trinajstić information content (AvgIpc) is 3.25. The van der Waals surface area contributed by atoms with Gasteiger partial charge in [0.25, 0.3) is 0 Å². The number of sulfonamides is 1. The van der Waals surface area contributed by atoms with Crippen molar-refractivity contribution in [3.8, 4) is 17.4 Å². The van der Waals surface area contributed by atoms with E-state index in [2.05, 4.69) is 19.8 Å². The minimum absolute atomic E-state index is 0.262. The molecular weight excluding hydrogens is 421 g/mol. The maximum absolute atomic E-state index is 13.0. The molecule has 0 radical (unpaired) electrons. The van der Waals surface area contributed by atoms with Gasteiger partial charge < -0.3 is 4.74 Å².